The van der Waals surface area contributed by atoms with Gasteiger partial charge in [0, 0.05) is 23.5 Å². The van der Waals surface area contributed by atoms with Crippen LogP contribution in [0.2, 0.25) is 0 Å². The maximum absolute atomic E-state index is 13.0. The van der Waals surface area contributed by atoms with Crippen LogP contribution in [0, 0.1) is 11.8 Å². The zero-order valence-electron chi connectivity index (χ0n) is 21.9. The number of aliphatic hydroxyl groups is 1. The molecule has 0 spiro atoms. The Hall–Kier alpha value is -3.44. The predicted octanol–water partition coefficient (Wildman–Crippen LogP) is 0.660. The Kier molecular flexibility index (Phi) is 10.6. The van der Waals surface area contributed by atoms with Crippen molar-refractivity contribution in [3.8, 4) is 0 Å². The summed E-state index contributed by atoms with van der Waals surface area (Å²) < 4.78 is 0. The molecular weight excluding hydrogens is 478 g/mol. The maximum atomic E-state index is 13.0. The van der Waals surface area contributed by atoms with Crippen molar-refractivity contribution >= 4 is 34.6 Å². The number of nitrogens with two attached hydrogens (primary N) is 1. The molecule has 0 aliphatic carbocycles. The average molecular weight is 518 g/mol. The van der Waals surface area contributed by atoms with Crippen molar-refractivity contribution in [1.29, 1.82) is 0 Å². The van der Waals surface area contributed by atoms with Gasteiger partial charge in [-0.2, -0.15) is 0 Å². The lowest BCUT2D eigenvalue weighted by molar-refractivity contribution is -0.143. The number of benzene rings is 1. The van der Waals surface area contributed by atoms with Crippen LogP contribution in [0.4, 0.5) is 0 Å². The molecule has 204 valence electrons. The molecule has 0 saturated heterocycles. The molecule has 5 unspecified atom stereocenters. The normalized spacial score (nSPS) is 15.6. The zero-order valence-corrected chi connectivity index (χ0v) is 21.9. The third kappa shape index (κ3) is 8.29. The Balaban J connectivity index is 2.13. The van der Waals surface area contributed by atoms with Crippen molar-refractivity contribution in [3.05, 3.63) is 36.0 Å². The number of aliphatic carboxylic acids is 1. The van der Waals surface area contributed by atoms with Gasteiger partial charge in [0.15, 0.2) is 0 Å². The summed E-state index contributed by atoms with van der Waals surface area (Å²) in [7, 11) is 0. The molecule has 37 heavy (non-hydrogen) atoms. The second kappa shape index (κ2) is 13.2. The topological polar surface area (TPSA) is 187 Å². The van der Waals surface area contributed by atoms with Gasteiger partial charge in [0.05, 0.1) is 12.1 Å². The Morgan fingerprint density at radius 3 is 2.08 bits per heavy atom. The number of rotatable bonds is 13. The molecule has 2 rings (SSSR count). The highest BCUT2D eigenvalue weighted by Gasteiger charge is 2.34. The lowest BCUT2D eigenvalue weighted by Gasteiger charge is -2.28. The number of carbonyl (C=O) groups is 4. The van der Waals surface area contributed by atoms with E-state index >= 15 is 0 Å². The van der Waals surface area contributed by atoms with Gasteiger partial charge in [-0.1, -0.05) is 45.9 Å². The number of aromatic amines is 1. The number of aromatic nitrogens is 1. The van der Waals surface area contributed by atoms with Gasteiger partial charge in [-0.15, -0.1) is 0 Å². The summed E-state index contributed by atoms with van der Waals surface area (Å²) in [6.45, 7) is 8.60. The van der Waals surface area contributed by atoms with Crippen LogP contribution in [-0.2, 0) is 25.6 Å². The minimum atomic E-state index is -1.44. The lowest BCUT2D eigenvalue weighted by atomic mass is 9.99. The molecule has 0 aliphatic heterocycles. The minimum absolute atomic E-state index is 0.00994. The first-order valence-corrected chi connectivity index (χ1v) is 12.4. The highest BCUT2D eigenvalue weighted by molar-refractivity contribution is 5.94. The van der Waals surface area contributed by atoms with Gasteiger partial charge in [-0.3, -0.25) is 14.4 Å². The van der Waals surface area contributed by atoms with Gasteiger partial charge in [0.2, 0.25) is 17.7 Å². The summed E-state index contributed by atoms with van der Waals surface area (Å²) in [5.74, 6) is -3.47. The third-order valence-corrected chi connectivity index (χ3v) is 6.09. The van der Waals surface area contributed by atoms with Crippen molar-refractivity contribution in [2.24, 2.45) is 17.6 Å². The first-order valence-electron chi connectivity index (χ1n) is 12.4. The number of carboxylic acids is 1. The van der Waals surface area contributed by atoms with E-state index in [9.17, 15) is 29.4 Å². The number of para-hydroxylation sites is 1. The molecule has 0 bridgehead atoms. The number of amides is 3. The number of fused-ring (bicyclic) bond motifs is 1. The van der Waals surface area contributed by atoms with E-state index in [2.05, 4.69) is 20.9 Å². The summed E-state index contributed by atoms with van der Waals surface area (Å²) in [4.78, 5) is 53.5. The van der Waals surface area contributed by atoms with Crippen molar-refractivity contribution < 1.29 is 29.4 Å². The fourth-order valence-electron chi connectivity index (χ4n) is 4.04. The molecule has 3 amide bonds. The monoisotopic (exact) mass is 517 g/mol. The number of hydrogen-bond donors (Lipinski definition) is 7. The van der Waals surface area contributed by atoms with Crippen molar-refractivity contribution in [3.63, 3.8) is 0 Å². The first kappa shape index (κ1) is 29.8. The SMILES string of the molecule is CC(C)CC(N)C(=O)NC(C(=O)NC(C(=O)NC(Cc1c[nH]c2ccccc12)C(=O)O)C(C)O)C(C)C. The molecule has 0 fully saturated rings. The first-order chi connectivity index (χ1) is 17.3. The van der Waals surface area contributed by atoms with Gasteiger partial charge in [-0.05, 0) is 36.8 Å². The van der Waals surface area contributed by atoms with E-state index in [1.165, 1.54) is 6.92 Å². The molecule has 0 radical (unpaired) electrons. The molecule has 11 nitrogen and oxygen atoms in total. The van der Waals surface area contributed by atoms with Crippen LogP contribution in [0.3, 0.4) is 0 Å². The Labute approximate surface area is 216 Å². The van der Waals surface area contributed by atoms with Gasteiger partial charge < -0.3 is 36.9 Å². The minimum Gasteiger partial charge on any atom is -0.480 e. The third-order valence-electron chi connectivity index (χ3n) is 6.09. The van der Waals surface area contributed by atoms with Crippen LogP contribution in [0.5, 0.6) is 0 Å². The van der Waals surface area contributed by atoms with Gasteiger partial charge in [0.25, 0.3) is 0 Å². The second-order valence-electron chi connectivity index (χ2n) is 10.2. The Morgan fingerprint density at radius 2 is 1.51 bits per heavy atom. The highest BCUT2D eigenvalue weighted by atomic mass is 16.4. The molecule has 1 aromatic heterocycles. The molecule has 1 aromatic carbocycles. The molecule has 2 aromatic rings. The van der Waals surface area contributed by atoms with E-state index in [1.54, 1.807) is 20.0 Å². The summed E-state index contributed by atoms with van der Waals surface area (Å²) in [6, 6.07) is 2.80. The summed E-state index contributed by atoms with van der Waals surface area (Å²) >= 11 is 0. The quantitative estimate of drug-likeness (QED) is 0.203. The largest absolute Gasteiger partial charge is 0.480 e. The molecule has 11 heteroatoms. The number of nitrogens with one attached hydrogen (secondary N) is 4. The van der Waals surface area contributed by atoms with E-state index in [1.807, 2.05) is 38.1 Å². The second-order valence-corrected chi connectivity index (χ2v) is 10.2. The molecular formula is C26H39N5O6. The van der Waals surface area contributed by atoms with Crippen LogP contribution >= 0.6 is 0 Å². The van der Waals surface area contributed by atoms with Gasteiger partial charge >= 0.3 is 5.97 Å². The van der Waals surface area contributed by atoms with Gasteiger partial charge in [0.1, 0.15) is 18.1 Å². The fraction of sp³-hybridized carbons (Fsp3) is 0.538. The smallest absolute Gasteiger partial charge is 0.326 e. The van der Waals surface area contributed by atoms with Crippen molar-refractivity contribution in [2.75, 3.05) is 0 Å². The predicted molar refractivity (Wildman–Crippen MR) is 139 cm³/mol. The Morgan fingerprint density at radius 1 is 0.919 bits per heavy atom. The van der Waals surface area contributed by atoms with Crippen LogP contribution < -0.4 is 21.7 Å². The standard InChI is InChI=1S/C26H39N5O6/c1-13(2)10-18(27)23(33)30-21(14(3)4)24(34)31-22(15(5)32)25(35)29-20(26(36)37)11-16-12-28-19-9-7-6-8-17(16)19/h6-9,12-15,18,20-22,28,32H,10-11,27H2,1-5H3,(H,29,35)(H,30,33)(H,31,34)(H,36,37). The van der Waals surface area contributed by atoms with E-state index in [0.717, 1.165) is 10.9 Å². The summed E-state index contributed by atoms with van der Waals surface area (Å²) in [5, 5.41) is 28.3. The van der Waals surface area contributed by atoms with Gasteiger partial charge in [-0.25, -0.2) is 4.79 Å². The molecule has 5 atom stereocenters. The van der Waals surface area contributed by atoms with E-state index in [0.29, 0.717) is 12.0 Å². The van der Waals surface area contributed by atoms with Crippen LogP contribution in [-0.4, -0.2) is 69.2 Å². The summed E-state index contributed by atoms with van der Waals surface area (Å²) in [6.07, 6.45) is 0.771. The number of carboxylic acid groups (broad SMARTS) is 1. The van der Waals surface area contributed by atoms with Crippen LogP contribution in [0.25, 0.3) is 10.9 Å². The number of H-pyrrole nitrogens is 1. The molecule has 0 saturated carbocycles. The number of hydrogen-bond acceptors (Lipinski definition) is 6. The van der Waals surface area contributed by atoms with E-state index < -0.39 is 54.0 Å². The molecule has 8 N–H and O–H groups in total. The highest BCUT2D eigenvalue weighted by Crippen LogP contribution is 2.19. The Bertz CT molecular complexity index is 1100. The van der Waals surface area contributed by atoms with E-state index in [4.69, 9.17) is 5.73 Å². The number of carbonyl (C=O) groups excluding carboxylic acids is 3. The summed E-state index contributed by atoms with van der Waals surface area (Å²) in [5.41, 5.74) is 7.46. The zero-order chi connectivity index (χ0) is 27.9. The van der Waals surface area contributed by atoms with Crippen LogP contribution in [0.1, 0.15) is 46.6 Å². The van der Waals surface area contributed by atoms with Crippen molar-refractivity contribution in [2.45, 2.75) is 77.7 Å². The lowest BCUT2D eigenvalue weighted by Crippen LogP contribution is -2.61. The average Bonchev–Trinajstić information content (AvgIpc) is 3.21. The number of aliphatic hydroxyl groups excluding tert-OH is 1. The fourth-order valence-corrected chi connectivity index (χ4v) is 4.04. The molecule has 1 heterocycles. The maximum Gasteiger partial charge on any atom is 0.326 e. The van der Waals surface area contributed by atoms with Crippen LogP contribution in [0.15, 0.2) is 30.5 Å². The molecule has 0 aliphatic rings. The van der Waals surface area contributed by atoms with Crippen molar-refractivity contribution in [1.82, 2.24) is 20.9 Å². The van der Waals surface area contributed by atoms with E-state index in [-0.39, 0.29) is 18.3 Å².